The van der Waals surface area contributed by atoms with E-state index in [1.807, 2.05) is 14.0 Å². The van der Waals surface area contributed by atoms with E-state index in [0.29, 0.717) is 204 Å². The third-order valence-corrected chi connectivity index (χ3v) is 17.2. The minimum Gasteiger partial charge on any atom is -0.481 e. The van der Waals surface area contributed by atoms with Crippen molar-refractivity contribution in [2.24, 2.45) is 5.92 Å². The van der Waals surface area contributed by atoms with Crippen LogP contribution >= 0.6 is 0 Å². The topological polar surface area (TPSA) is 354 Å². The summed E-state index contributed by atoms with van der Waals surface area (Å²) in [7, 11) is 3.59. The number of methoxy groups -OCH3 is 1. The van der Waals surface area contributed by atoms with Crippen molar-refractivity contribution in [1.82, 2.24) is 36.4 Å². The lowest BCUT2D eigenvalue weighted by molar-refractivity contribution is -0.140. The van der Waals surface area contributed by atoms with Crippen LogP contribution in [0.15, 0.2) is 0 Å². The molecule has 29 heteroatoms. The number of carboxylic acids is 2. The second-order valence-electron chi connectivity index (χ2n) is 25.8. The van der Waals surface area contributed by atoms with Crippen LogP contribution in [0.5, 0.6) is 0 Å². The van der Waals surface area contributed by atoms with E-state index in [9.17, 15) is 48.6 Å². The van der Waals surface area contributed by atoms with Crippen molar-refractivity contribution in [1.29, 1.82) is 0 Å². The monoisotopic (exact) mass is 1460 g/mol. The largest absolute Gasteiger partial charge is 0.481 e. The van der Waals surface area contributed by atoms with Crippen LogP contribution < -0.4 is 26.6 Å². The van der Waals surface area contributed by atoms with Crippen LogP contribution in [-0.2, 0) is 95.2 Å². The summed E-state index contributed by atoms with van der Waals surface area (Å²) in [6.45, 7) is 18.4. The van der Waals surface area contributed by atoms with Crippen LogP contribution in [0.2, 0.25) is 0 Å². The van der Waals surface area contributed by atoms with Gasteiger partial charge in [0.25, 0.3) is 0 Å². The molecule has 0 aromatic rings. The maximum absolute atomic E-state index is 14.3. The molecule has 0 saturated carbocycles. The Bertz CT molecular complexity index is 2080. The Balaban J connectivity index is 2.44. The minimum atomic E-state index is -1.48. The molecule has 1 aliphatic heterocycles. The van der Waals surface area contributed by atoms with Gasteiger partial charge in [0.05, 0.1) is 152 Å². The number of rotatable bonds is 75. The van der Waals surface area contributed by atoms with Crippen molar-refractivity contribution in [3.05, 3.63) is 0 Å². The molecule has 1 rings (SSSR count). The smallest absolute Gasteiger partial charge is 0.303 e. The van der Waals surface area contributed by atoms with Gasteiger partial charge in [-0.25, -0.2) is 0 Å². The molecular formula is C73H137N7O22. The zero-order valence-electron chi connectivity index (χ0n) is 63.2. The first-order chi connectivity index (χ1) is 49.6. The molecule has 0 radical (unpaired) electrons. The lowest BCUT2D eigenvalue weighted by atomic mass is 9.96. The number of carbonyl (C=O) groups is 8. The molecule has 0 bridgehead atoms. The fourth-order valence-corrected chi connectivity index (χ4v) is 10.7. The standard InChI is InChI=1S/C73H137N7O22/c1-6-8-9-10-11-12-13-14-15-16-17-18-19-20-21-22-23-27-66(82)75-62(28-30-67(83)84)70(87)76-63(29-31-68(85)86)71(88)78-69(61(3)7-2)72(89)77-64(73(90)80-36-34-79(4)35-37-80)26-24-25-33-74-65(81)32-38-92-41-42-94-45-46-96-49-50-98-53-54-100-57-58-102-60-59-101-56-55-99-52-51-97-48-47-95-44-43-93-40-39-91-5/h61-64,69H,6-60H2,1-5H3,(H,74,81)(H,75,82)(H,76,87)(H,77,89)(H,78,88)(H,83,84)(H,85,86)/t61-,62?,63-,64-,69-/m0/s1. The summed E-state index contributed by atoms with van der Waals surface area (Å²) >= 11 is 0. The van der Waals surface area contributed by atoms with Gasteiger partial charge < -0.3 is 103 Å². The van der Waals surface area contributed by atoms with E-state index in [0.717, 1.165) is 25.7 Å². The lowest BCUT2D eigenvalue weighted by Crippen LogP contribution is -2.60. The molecule has 6 amide bonds. The van der Waals surface area contributed by atoms with E-state index >= 15 is 0 Å². The molecular weight excluding hydrogens is 1330 g/mol. The number of hydrogen-bond donors (Lipinski definition) is 7. The third kappa shape index (κ3) is 57.5. The molecule has 0 aromatic heterocycles. The molecule has 1 aliphatic rings. The molecule has 1 saturated heterocycles. The number of nitrogens with one attached hydrogen (secondary N) is 5. The van der Waals surface area contributed by atoms with Gasteiger partial charge in [0.15, 0.2) is 0 Å². The molecule has 0 aliphatic carbocycles. The van der Waals surface area contributed by atoms with Crippen molar-refractivity contribution >= 4 is 47.4 Å². The van der Waals surface area contributed by atoms with Crippen LogP contribution in [0.4, 0.5) is 0 Å². The molecule has 29 nitrogen and oxygen atoms in total. The van der Waals surface area contributed by atoms with Crippen molar-refractivity contribution in [3.8, 4) is 0 Å². The molecule has 596 valence electrons. The third-order valence-electron chi connectivity index (χ3n) is 17.2. The van der Waals surface area contributed by atoms with Gasteiger partial charge in [-0.15, -0.1) is 0 Å². The highest BCUT2D eigenvalue weighted by Crippen LogP contribution is 2.17. The number of hydrogen-bond acceptors (Lipinski definition) is 21. The second kappa shape index (κ2) is 69.3. The summed E-state index contributed by atoms with van der Waals surface area (Å²) < 4.78 is 65.4. The number of nitrogens with zero attached hydrogens (tertiary/aromatic N) is 2. The van der Waals surface area contributed by atoms with E-state index in [1.54, 1.807) is 18.9 Å². The number of likely N-dealkylation sites (N-methyl/N-ethyl adjacent to an activating group) is 1. The molecule has 0 spiro atoms. The Morgan fingerprint density at radius 3 is 1.10 bits per heavy atom. The highest BCUT2D eigenvalue weighted by molar-refractivity contribution is 5.96. The summed E-state index contributed by atoms with van der Waals surface area (Å²) in [6, 6.07) is -5.02. The molecule has 7 N–H and O–H groups in total. The number of ether oxygens (including phenoxy) is 12. The quantitative estimate of drug-likeness (QED) is 0.0342. The van der Waals surface area contributed by atoms with E-state index in [-0.39, 0.29) is 50.5 Å². The summed E-state index contributed by atoms with van der Waals surface area (Å²) in [4.78, 5) is 110. The Hall–Kier alpha value is -4.76. The highest BCUT2D eigenvalue weighted by Gasteiger charge is 2.35. The zero-order valence-corrected chi connectivity index (χ0v) is 63.2. The van der Waals surface area contributed by atoms with Crippen molar-refractivity contribution in [2.75, 3.05) is 199 Å². The number of amides is 6. The van der Waals surface area contributed by atoms with Gasteiger partial charge >= 0.3 is 11.9 Å². The predicted molar refractivity (Wildman–Crippen MR) is 386 cm³/mol. The van der Waals surface area contributed by atoms with Crippen LogP contribution in [0, 0.1) is 5.92 Å². The normalized spacial score (nSPS) is 14.0. The summed E-state index contributed by atoms with van der Waals surface area (Å²) in [5.41, 5.74) is 0. The summed E-state index contributed by atoms with van der Waals surface area (Å²) in [6.07, 6.45) is 20.4. The number of piperazine rings is 1. The lowest BCUT2D eigenvalue weighted by Gasteiger charge is -2.35. The first-order valence-electron chi connectivity index (χ1n) is 38.3. The molecule has 1 heterocycles. The van der Waals surface area contributed by atoms with E-state index < -0.39 is 78.5 Å². The van der Waals surface area contributed by atoms with Crippen LogP contribution in [-0.4, -0.2) is 290 Å². The van der Waals surface area contributed by atoms with Crippen molar-refractivity contribution in [2.45, 2.75) is 218 Å². The molecule has 5 atom stereocenters. The van der Waals surface area contributed by atoms with E-state index in [4.69, 9.17) is 56.8 Å². The van der Waals surface area contributed by atoms with Crippen molar-refractivity contribution in [3.63, 3.8) is 0 Å². The maximum Gasteiger partial charge on any atom is 0.303 e. The van der Waals surface area contributed by atoms with E-state index in [2.05, 4.69) is 38.4 Å². The van der Waals surface area contributed by atoms with Gasteiger partial charge in [0.2, 0.25) is 35.4 Å². The van der Waals surface area contributed by atoms with Gasteiger partial charge in [-0.1, -0.05) is 130 Å². The number of carboxylic acid groups (broad SMARTS) is 2. The fourth-order valence-electron chi connectivity index (χ4n) is 10.7. The SMILES string of the molecule is CCCCCCCCCCCCCCCCCCCC(=O)NC(CCC(=O)O)C(=O)N[C@@H](CCC(=O)O)C(=O)N[C@H](C(=O)N[C@@H](CCCCNC(=O)CCOCCOCCOCCOCCOCCOCCOCCOCCOCCOCCOCCOC)C(=O)N1CCN(C)CC1)[C@@H](C)CC. The number of unbranched alkanes of at least 4 members (excludes halogenated alkanes) is 17. The number of carbonyl (C=O) groups excluding carboxylic acids is 6. The van der Waals surface area contributed by atoms with Crippen LogP contribution in [0.25, 0.3) is 0 Å². The van der Waals surface area contributed by atoms with Gasteiger partial charge in [-0.05, 0) is 51.5 Å². The zero-order chi connectivity index (χ0) is 74.6. The van der Waals surface area contributed by atoms with Crippen molar-refractivity contribution < 1.29 is 105 Å². The molecule has 0 aromatic carbocycles. The number of aliphatic carboxylic acids is 2. The van der Waals surface area contributed by atoms with Crippen LogP contribution in [0.1, 0.15) is 194 Å². The van der Waals surface area contributed by atoms with Gasteiger partial charge in [-0.2, -0.15) is 0 Å². The van der Waals surface area contributed by atoms with Crippen LogP contribution in [0.3, 0.4) is 0 Å². The Kier molecular flexibility index (Phi) is 64.7. The minimum absolute atomic E-state index is 0.117. The maximum atomic E-state index is 14.3. The summed E-state index contributed by atoms with van der Waals surface area (Å²) in [5, 5.41) is 32.9. The predicted octanol–water partition coefficient (Wildman–Crippen LogP) is 6.02. The Morgan fingerprint density at radius 2 is 0.716 bits per heavy atom. The average molecular weight is 1460 g/mol. The Labute approximate surface area is 610 Å². The first kappa shape index (κ1) is 95.3. The molecule has 102 heavy (non-hydrogen) atoms. The van der Waals surface area contributed by atoms with Gasteiger partial charge in [0.1, 0.15) is 24.2 Å². The highest BCUT2D eigenvalue weighted by atomic mass is 16.6. The molecule has 1 unspecified atom stereocenters. The first-order valence-corrected chi connectivity index (χ1v) is 38.3. The fraction of sp³-hybridized carbons (Fsp3) is 0.890. The van der Waals surface area contributed by atoms with Gasteiger partial charge in [0, 0.05) is 65.5 Å². The summed E-state index contributed by atoms with van der Waals surface area (Å²) in [5.74, 6) is -6.27. The average Bonchev–Trinajstić information content (AvgIpc) is 1.14. The second-order valence-corrected chi connectivity index (χ2v) is 25.8. The van der Waals surface area contributed by atoms with E-state index in [1.165, 1.54) is 77.0 Å². The molecule has 1 fully saturated rings. The Morgan fingerprint density at radius 1 is 0.363 bits per heavy atom. The van der Waals surface area contributed by atoms with Gasteiger partial charge in [-0.3, -0.25) is 38.4 Å².